The largest absolute Gasteiger partial charge is 0.505 e. The van der Waals surface area contributed by atoms with Gasteiger partial charge in [-0.1, -0.05) is 30.3 Å². The molecule has 11 nitrogen and oxygen atoms in total. The van der Waals surface area contributed by atoms with Crippen LogP contribution in [0.4, 0.5) is 17.5 Å². The first-order chi connectivity index (χ1) is 16.7. The van der Waals surface area contributed by atoms with Crippen molar-refractivity contribution in [2.45, 2.75) is 0 Å². The molecule has 3 aromatic heterocycles. The van der Waals surface area contributed by atoms with Gasteiger partial charge < -0.3 is 10.1 Å². The molecule has 0 spiro atoms. The van der Waals surface area contributed by atoms with Gasteiger partial charge in [-0.25, -0.2) is 9.97 Å². The molecule has 5 aromatic rings. The topological polar surface area (TPSA) is 157 Å². The minimum Gasteiger partial charge on any atom is -0.505 e. The van der Waals surface area contributed by atoms with Crippen LogP contribution >= 0.6 is 0 Å². The molecule has 3 N–H and O–H groups in total. The van der Waals surface area contributed by atoms with E-state index in [1.807, 2.05) is 6.07 Å². The first kappa shape index (κ1) is 20.5. The number of aromatic nitrogens is 5. The smallest absolute Gasteiger partial charge is 0.262 e. The summed E-state index contributed by atoms with van der Waals surface area (Å²) in [6, 6.07) is 15.9. The molecule has 34 heavy (non-hydrogen) atoms. The summed E-state index contributed by atoms with van der Waals surface area (Å²) in [5, 5.41) is 36.8. The van der Waals surface area contributed by atoms with Gasteiger partial charge in [-0.05, 0) is 29.0 Å². The SMILES string of the molecule is N#Cc1cnn(-c2ccccn2)c1/N=N/c1cc2ccccc2c(C(=O)Nc2ncc[nH]2)c1O. The summed E-state index contributed by atoms with van der Waals surface area (Å²) in [7, 11) is 0. The molecule has 0 aliphatic heterocycles. The fourth-order valence-electron chi connectivity index (χ4n) is 3.40. The Labute approximate surface area is 192 Å². The number of aromatic amines is 1. The molecule has 0 unspecified atom stereocenters. The Morgan fingerprint density at radius 1 is 1.12 bits per heavy atom. The van der Waals surface area contributed by atoms with Crippen molar-refractivity contribution in [3.05, 3.63) is 84.4 Å². The van der Waals surface area contributed by atoms with E-state index in [2.05, 4.69) is 35.6 Å². The molecule has 0 radical (unpaired) electrons. The molecule has 11 heteroatoms. The van der Waals surface area contributed by atoms with Crippen LogP contribution in [0, 0.1) is 11.3 Å². The molecule has 2 aromatic carbocycles. The number of imidazole rings is 1. The average molecular weight is 449 g/mol. The number of rotatable bonds is 5. The van der Waals surface area contributed by atoms with Crippen molar-refractivity contribution in [2.75, 3.05) is 5.32 Å². The average Bonchev–Trinajstić information content (AvgIpc) is 3.52. The molecule has 164 valence electrons. The Hall–Kier alpha value is -5.37. The van der Waals surface area contributed by atoms with Gasteiger partial charge in [0.25, 0.3) is 5.91 Å². The minimum atomic E-state index is -0.572. The number of carbonyl (C=O) groups excluding carboxylic acids is 1. The Morgan fingerprint density at radius 2 is 1.97 bits per heavy atom. The number of nitriles is 1. The van der Waals surface area contributed by atoms with Crippen LogP contribution in [-0.2, 0) is 0 Å². The standard InChI is InChI=1S/C23H15N9O2/c24-12-15-13-28-32(18-7-3-4-8-25-18)21(15)31-30-17-11-14-5-1-2-6-16(14)19(20(17)33)22(34)29-23-26-9-10-27-23/h1-11,13,33H,(H2,26,27,29,34)/b31-30+. The van der Waals surface area contributed by atoms with Crippen LogP contribution < -0.4 is 5.32 Å². The monoisotopic (exact) mass is 449 g/mol. The van der Waals surface area contributed by atoms with Crippen molar-refractivity contribution in [1.82, 2.24) is 24.7 Å². The molecule has 0 aliphatic carbocycles. The Bertz CT molecular complexity index is 1570. The number of hydrogen-bond acceptors (Lipinski definition) is 8. The van der Waals surface area contributed by atoms with Crippen LogP contribution in [0.2, 0.25) is 0 Å². The van der Waals surface area contributed by atoms with Crippen molar-refractivity contribution >= 4 is 34.1 Å². The second-order valence-corrected chi connectivity index (χ2v) is 7.03. The number of nitrogens with one attached hydrogen (secondary N) is 2. The second-order valence-electron chi connectivity index (χ2n) is 7.03. The molecular weight excluding hydrogens is 434 g/mol. The zero-order chi connectivity index (χ0) is 23.5. The highest BCUT2D eigenvalue weighted by Crippen LogP contribution is 2.38. The first-order valence-electron chi connectivity index (χ1n) is 10.0. The maximum Gasteiger partial charge on any atom is 0.262 e. The number of hydrogen-bond donors (Lipinski definition) is 3. The van der Waals surface area contributed by atoms with Gasteiger partial charge in [0, 0.05) is 18.6 Å². The van der Waals surface area contributed by atoms with Gasteiger partial charge in [0.05, 0.1) is 11.8 Å². The highest BCUT2D eigenvalue weighted by atomic mass is 16.3. The third-order valence-electron chi connectivity index (χ3n) is 4.94. The van der Waals surface area contributed by atoms with E-state index in [1.54, 1.807) is 60.9 Å². The maximum atomic E-state index is 13.0. The Kier molecular flexibility index (Phi) is 5.21. The van der Waals surface area contributed by atoms with Crippen LogP contribution in [0.25, 0.3) is 16.6 Å². The lowest BCUT2D eigenvalue weighted by Gasteiger charge is -2.11. The molecule has 1 amide bonds. The van der Waals surface area contributed by atoms with Crippen molar-refractivity contribution in [1.29, 1.82) is 5.26 Å². The van der Waals surface area contributed by atoms with Crippen molar-refractivity contribution < 1.29 is 9.90 Å². The van der Waals surface area contributed by atoms with Gasteiger partial charge in [-0.2, -0.15) is 15.0 Å². The van der Waals surface area contributed by atoms with Gasteiger partial charge >= 0.3 is 0 Å². The van der Waals surface area contributed by atoms with Crippen LogP contribution in [-0.4, -0.2) is 35.7 Å². The van der Waals surface area contributed by atoms with E-state index in [0.29, 0.717) is 16.6 Å². The number of aromatic hydroxyl groups is 1. The molecule has 0 saturated carbocycles. The Balaban J connectivity index is 1.61. The molecule has 5 rings (SSSR count). The van der Waals surface area contributed by atoms with Crippen molar-refractivity contribution in [3.63, 3.8) is 0 Å². The molecular formula is C23H15N9O2. The van der Waals surface area contributed by atoms with Gasteiger partial charge in [0.1, 0.15) is 17.3 Å². The summed E-state index contributed by atoms with van der Waals surface area (Å²) in [4.78, 5) is 24.0. The number of azo groups is 1. The van der Waals surface area contributed by atoms with Crippen LogP contribution in [0.15, 0.2) is 83.5 Å². The number of H-pyrrole nitrogens is 1. The van der Waals surface area contributed by atoms with E-state index < -0.39 is 5.91 Å². The van der Waals surface area contributed by atoms with Crippen molar-refractivity contribution in [3.8, 4) is 17.6 Å². The molecule has 0 fully saturated rings. The molecule has 0 bridgehead atoms. The van der Waals surface area contributed by atoms with Gasteiger partial charge in [0.2, 0.25) is 5.95 Å². The maximum absolute atomic E-state index is 13.0. The van der Waals surface area contributed by atoms with E-state index in [9.17, 15) is 15.2 Å². The van der Waals surface area contributed by atoms with Gasteiger partial charge in [-0.3, -0.25) is 10.1 Å². The summed E-state index contributed by atoms with van der Waals surface area (Å²) >= 11 is 0. The van der Waals surface area contributed by atoms with Crippen LogP contribution in [0.5, 0.6) is 5.75 Å². The highest BCUT2D eigenvalue weighted by molar-refractivity contribution is 6.15. The normalized spacial score (nSPS) is 11.0. The number of nitrogens with zero attached hydrogens (tertiary/aromatic N) is 7. The number of amides is 1. The molecule has 0 aliphatic rings. The highest BCUT2D eigenvalue weighted by Gasteiger charge is 2.21. The summed E-state index contributed by atoms with van der Waals surface area (Å²) in [6.45, 7) is 0. The third-order valence-corrected chi connectivity index (χ3v) is 4.94. The lowest BCUT2D eigenvalue weighted by molar-refractivity contribution is 0.102. The van der Waals surface area contributed by atoms with E-state index in [0.717, 1.165) is 0 Å². The number of phenolic OH excluding ortho intramolecular Hbond substituents is 1. The quantitative estimate of drug-likeness (QED) is 0.338. The van der Waals surface area contributed by atoms with E-state index >= 15 is 0 Å². The van der Waals surface area contributed by atoms with Crippen LogP contribution in [0.3, 0.4) is 0 Å². The summed E-state index contributed by atoms with van der Waals surface area (Å²) in [5.41, 5.74) is 0.230. The van der Waals surface area contributed by atoms with Gasteiger partial charge in [0.15, 0.2) is 17.4 Å². The fourth-order valence-corrected chi connectivity index (χ4v) is 3.40. The lowest BCUT2D eigenvalue weighted by Crippen LogP contribution is -2.13. The number of anilines is 1. The van der Waals surface area contributed by atoms with Crippen molar-refractivity contribution in [2.24, 2.45) is 10.2 Å². The minimum absolute atomic E-state index is 0.0159. The number of carbonyl (C=O) groups is 1. The van der Waals surface area contributed by atoms with E-state index in [4.69, 9.17) is 0 Å². The predicted octanol–water partition coefficient (Wildman–Crippen LogP) is 4.39. The lowest BCUT2D eigenvalue weighted by atomic mass is 10.0. The first-order valence-corrected chi connectivity index (χ1v) is 10.0. The van der Waals surface area contributed by atoms with E-state index in [1.165, 1.54) is 17.1 Å². The number of benzene rings is 2. The fraction of sp³-hybridized carbons (Fsp3) is 0. The molecule has 0 atom stereocenters. The number of pyridine rings is 1. The third kappa shape index (κ3) is 3.71. The molecule has 3 heterocycles. The number of fused-ring (bicyclic) bond motifs is 1. The van der Waals surface area contributed by atoms with E-state index in [-0.39, 0.29) is 34.3 Å². The summed E-state index contributed by atoms with van der Waals surface area (Å²) in [5.74, 6) is -0.126. The zero-order valence-corrected chi connectivity index (χ0v) is 17.4. The summed E-state index contributed by atoms with van der Waals surface area (Å²) < 4.78 is 1.37. The zero-order valence-electron chi connectivity index (χ0n) is 17.4. The molecule has 0 saturated heterocycles. The number of phenols is 1. The second kappa shape index (κ2) is 8.64. The Morgan fingerprint density at radius 3 is 2.74 bits per heavy atom. The van der Waals surface area contributed by atoms with Crippen LogP contribution in [0.1, 0.15) is 15.9 Å². The van der Waals surface area contributed by atoms with Gasteiger partial charge in [-0.15, -0.1) is 10.2 Å². The summed E-state index contributed by atoms with van der Waals surface area (Å²) in [6.07, 6.45) is 6.00. The predicted molar refractivity (Wildman–Crippen MR) is 122 cm³/mol.